The van der Waals surface area contributed by atoms with Crippen molar-refractivity contribution in [2.24, 2.45) is 5.14 Å². The highest BCUT2D eigenvalue weighted by atomic mass is 32.2. The number of amides is 1. The van der Waals surface area contributed by atoms with E-state index < -0.39 is 10.0 Å². The summed E-state index contributed by atoms with van der Waals surface area (Å²) in [7, 11) is -3.75. The Morgan fingerprint density at radius 3 is 2.37 bits per heavy atom. The normalized spacial score (nSPS) is 15.4. The van der Waals surface area contributed by atoms with Crippen LogP contribution in [-0.2, 0) is 14.8 Å². The van der Waals surface area contributed by atoms with Crippen LogP contribution in [0.15, 0.2) is 51.3 Å². The van der Waals surface area contributed by atoms with E-state index >= 15 is 0 Å². The van der Waals surface area contributed by atoms with Crippen LogP contribution in [0.25, 0.3) is 17.4 Å². The zero-order valence-corrected chi connectivity index (χ0v) is 15.4. The Hall–Kier alpha value is -2.89. The number of benzene rings is 1. The van der Waals surface area contributed by atoms with Crippen molar-refractivity contribution in [3.8, 4) is 17.4 Å². The van der Waals surface area contributed by atoms with Gasteiger partial charge in [0.2, 0.25) is 10.0 Å². The number of furan rings is 1. The minimum atomic E-state index is -3.75. The van der Waals surface area contributed by atoms with Gasteiger partial charge in [-0.05, 0) is 55.7 Å². The SMILES string of the molecule is N#CC(=Cc1ccc(-c2ccc(S(N)(=O)=O)cc2)o1)C(=O)N1CCCCC1. The molecule has 140 valence electrons. The highest BCUT2D eigenvalue weighted by Gasteiger charge is 2.20. The van der Waals surface area contributed by atoms with Crippen LogP contribution in [0.4, 0.5) is 0 Å². The van der Waals surface area contributed by atoms with Gasteiger partial charge in [-0.15, -0.1) is 0 Å². The number of sulfonamides is 1. The predicted octanol–water partition coefficient (Wildman–Crippen LogP) is 2.51. The van der Waals surface area contributed by atoms with Gasteiger partial charge in [0.25, 0.3) is 5.91 Å². The standard InChI is InChI=1S/C19H19N3O4S/c20-13-15(19(23)22-10-2-1-3-11-22)12-16-6-9-18(26-16)14-4-7-17(8-5-14)27(21,24)25/h4-9,12H,1-3,10-11H2,(H2,21,24,25). The monoisotopic (exact) mass is 385 g/mol. The molecule has 2 aromatic rings. The van der Waals surface area contributed by atoms with Gasteiger partial charge in [-0.25, -0.2) is 13.6 Å². The van der Waals surface area contributed by atoms with Crippen molar-refractivity contribution in [2.45, 2.75) is 24.2 Å². The molecule has 0 radical (unpaired) electrons. The van der Waals surface area contributed by atoms with Crippen molar-refractivity contribution in [3.63, 3.8) is 0 Å². The average molecular weight is 385 g/mol. The molecular formula is C19H19N3O4S. The molecule has 1 aromatic heterocycles. The Bertz CT molecular complexity index is 1010. The maximum absolute atomic E-state index is 12.5. The molecule has 0 atom stereocenters. The molecule has 2 N–H and O–H groups in total. The molecule has 0 spiro atoms. The van der Waals surface area contributed by atoms with E-state index in [-0.39, 0.29) is 16.4 Å². The molecule has 1 saturated heterocycles. The van der Waals surface area contributed by atoms with Crippen LogP contribution in [-0.4, -0.2) is 32.3 Å². The number of carbonyl (C=O) groups is 1. The molecule has 3 rings (SSSR count). The van der Waals surface area contributed by atoms with Crippen LogP contribution in [0, 0.1) is 11.3 Å². The van der Waals surface area contributed by atoms with Crippen molar-refractivity contribution in [3.05, 3.63) is 47.7 Å². The Kier molecular flexibility index (Phi) is 5.44. The first-order valence-corrected chi connectivity index (χ1v) is 10.1. The fraction of sp³-hybridized carbons (Fsp3) is 0.263. The summed E-state index contributed by atoms with van der Waals surface area (Å²) in [6, 6.07) is 11.2. The first kappa shape index (κ1) is 18.9. The summed E-state index contributed by atoms with van der Waals surface area (Å²) in [5.41, 5.74) is 0.685. The summed E-state index contributed by atoms with van der Waals surface area (Å²) in [4.78, 5) is 14.2. The zero-order chi connectivity index (χ0) is 19.4. The number of hydrogen-bond acceptors (Lipinski definition) is 5. The third-order valence-electron chi connectivity index (χ3n) is 4.37. The summed E-state index contributed by atoms with van der Waals surface area (Å²) >= 11 is 0. The molecule has 1 fully saturated rings. The number of piperidine rings is 1. The van der Waals surface area contributed by atoms with Crippen molar-refractivity contribution < 1.29 is 17.6 Å². The second-order valence-corrected chi connectivity index (χ2v) is 7.86. The number of nitrogens with zero attached hydrogens (tertiary/aromatic N) is 2. The number of nitrogens with two attached hydrogens (primary N) is 1. The van der Waals surface area contributed by atoms with Gasteiger partial charge in [-0.1, -0.05) is 0 Å². The number of carbonyl (C=O) groups excluding carboxylic acids is 1. The summed E-state index contributed by atoms with van der Waals surface area (Å²) in [5.74, 6) is 0.583. The molecule has 0 saturated carbocycles. The van der Waals surface area contributed by atoms with E-state index in [0.717, 1.165) is 19.3 Å². The molecule has 0 aliphatic carbocycles. The molecule has 0 bridgehead atoms. The number of likely N-dealkylation sites (tertiary alicyclic amines) is 1. The smallest absolute Gasteiger partial charge is 0.264 e. The van der Waals surface area contributed by atoms with Gasteiger partial charge in [-0.2, -0.15) is 5.26 Å². The lowest BCUT2D eigenvalue weighted by molar-refractivity contribution is -0.127. The Balaban J connectivity index is 1.81. The van der Waals surface area contributed by atoms with Gasteiger partial charge in [0.15, 0.2) is 0 Å². The van der Waals surface area contributed by atoms with Gasteiger partial charge in [0.1, 0.15) is 23.2 Å². The van der Waals surface area contributed by atoms with Crippen molar-refractivity contribution in [2.75, 3.05) is 13.1 Å². The van der Waals surface area contributed by atoms with Gasteiger partial charge in [-0.3, -0.25) is 4.79 Å². The summed E-state index contributed by atoms with van der Waals surface area (Å²) in [6.07, 6.45) is 4.42. The van der Waals surface area contributed by atoms with E-state index in [9.17, 15) is 18.5 Å². The molecule has 0 unspecified atom stereocenters. The Morgan fingerprint density at radius 1 is 1.11 bits per heavy atom. The fourth-order valence-corrected chi connectivity index (χ4v) is 3.46. The number of hydrogen-bond donors (Lipinski definition) is 1. The molecule has 7 nitrogen and oxygen atoms in total. The van der Waals surface area contributed by atoms with Crippen LogP contribution in [0.3, 0.4) is 0 Å². The van der Waals surface area contributed by atoms with Crippen molar-refractivity contribution in [1.82, 2.24) is 4.90 Å². The molecule has 8 heteroatoms. The quantitative estimate of drug-likeness (QED) is 0.641. The number of primary sulfonamides is 1. The highest BCUT2D eigenvalue weighted by molar-refractivity contribution is 7.89. The van der Waals surface area contributed by atoms with Gasteiger partial charge >= 0.3 is 0 Å². The van der Waals surface area contributed by atoms with Gasteiger partial charge in [0, 0.05) is 24.7 Å². The van der Waals surface area contributed by atoms with Gasteiger partial charge < -0.3 is 9.32 Å². The molecule has 2 heterocycles. The summed E-state index contributed by atoms with van der Waals surface area (Å²) in [6.45, 7) is 1.33. The van der Waals surface area contributed by atoms with Crippen molar-refractivity contribution in [1.29, 1.82) is 5.26 Å². The molecule has 27 heavy (non-hydrogen) atoms. The van der Waals surface area contributed by atoms with Crippen LogP contribution in [0.2, 0.25) is 0 Å². The van der Waals surface area contributed by atoms with E-state index in [2.05, 4.69) is 0 Å². The largest absolute Gasteiger partial charge is 0.457 e. The van der Waals surface area contributed by atoms with E-state index in [0.29, 0.717) is 30.2 Å². The van der Waals surface area contributed by atoms with E-state index in [1.807, 2.05) is 6.07 Å². The lowest BCUT2D eigenvalue weighted by Crippen LogP contribution is -2.36. The minimum absolute atomic E-state index is 0.0109. The van der Waals surface area contributed by atoms with E-state index in [1.165, 1.54) is 18.2 Å². The van der Waals surface area contributed by atoms with Crippen LogP contribution in [0.1, 0.15) is 25.0 Å². The Morgan fingerprint density at radius 2 is 1.78 bits per heavy atom. The van der Waals surface area contributed by atoms with Crippen molar-refractivity contribution >= 4 is 22.0 Å². The van der Waals surface area contributed by atoms with E-state index in [4.69, 9.17) is 9.56 Å². The van der Waals surface area contributed by atoms with Crippen LogP contribution >= 0.6 is 0 Å². The Labute approximate surface area is 157 Å². The lowest BCUT2D eigenvalue weighted by Gasteiger charge is -2.26. The summed E-state index contributed by atoms with van der Waals surface area (Å²) < 4.78 is 28.3. The third-order valence-corrected chi connectivity index (χ3v) is 5.30. The highest BCUT2D eigenvalue weighted by Crippen LogP contribution is 2.25. The molecule has 1 amide bonds. The minimum Gasteiger partial charge on any atom is -0.457 e. The number of nitriles is 1. The molecular weight excluding hydrogens is 366 g/mol. The van der Waals surface area contributed by atoms with Crippen LogP contribution in [0.5, 0.6) is 0 Å². The predicted molar refractivity (Wildman–Crippen MR) is 99.5 cm³/mol. The summed E-state index contributed by atoms with van der Waals surface area (Å²) in [5, 5.41) is 14.4. The average Bonchev–Trinajstić information content (AvgIpc) is 3.14. The third kappa shape index (κ3) is 4.45. The number of rotatable bonds is 4. The van der Waals surface area contributed by atoms with E-state index in [1.54, 1.807) is 29.2 Å². The second kappa shape index (κ2) is 7.78. The lowest BCUT2D eigenvalue weighted by atomic mass is 10.1. The second-order valence-electron chi connectivity index (χ2n) is 6.29. The fourth-order valence-electron chi connectivity index (χ4n) is 2.95. The first-order chi connectivity index (χ1) is 12.9. The van der Waals surface area contributed by atoms with Gasteiger partial charge in [0.05, 0.1) is 4.90 Å². The topological polar surface area (TPSA) is 117 Å². The maximum atomic E-state index is 12.5. The first-order valence-electron chi connectivity index (χ1n) is 8.52. The zero-order valence-electron chi connectivity index (χ0n) is 14.6. The molecule has 1 aliphatic heterocycles. The maximum Gasteiger partial charge on any atom is 0.264 e. The molecule has 1 aromatic carbocycles. The molecule has 1 aliphatic rings. The van der Waals surface area contributed by atoms with Crippen LogP contribution < -0.4 is 5.14 Å².